The Kier molecular flexibility index (Phi) is 6.16. The topological polar surface area (TPSA) is 41.1 Å². The van der Waals surface area contributed by atoms with Crippen molar-refractivity contribution in [3.8, 4) is 0 Å². The number of carbonyl (C=O) groups excluding carboxylic acids is 1. The van der Waals surface area contributed by atoms with Gasteiger partial charge in [-0.1, -0.05) is 0 Å². The summed E-state index contributed by atoms with van der Waals surface area (Å²) in [7, 11) is 0. The van der Waals surface area contributed by atoms with Crippen molar-refractivity contribution in [2.45, 2.75) is 18.9 Å². The molecule has 1 heterocycles. The van der Waals surface area contributed by atoms with Gasteiger partial charge in [0.15, 0.2) is 5.82 Å². The molecule has 1 aromatic rings. The van der Waals surface area contributed by atoms with Gasteiger partial charge in [-0.15, -0.1) is 12.4 Å². The number of rotatable bonds is 2. The molecule has 2 N–H and O–H groups in total. The highest BCUT2D eigenvalue weighted by Crippen LogP contribution is 2.21. The highest BCUT2D eigenvalue weighted by atomic mass is 79.9. The number of carbonyl (C=O) groups is 1. The van der Waals surface area contributed by atoms with E-state index in [1.807, 2.05) is 0 Å². The Morgan fingerprint density at radius 1 is 1.42 bits per heavy atom. The zero-order valence-electron chi connectivity index (χ0n) is 10.0. The van der Waals surface area contributed by atoms with Crippen LogP contribution in [-0.4, -0.2) is 25.0 Å². The molecule has 1 aliphatic heterocycles. The minimum absolute atomic E-state index is 0. The number of amides is 1. The van der Waals surface area contributed by atoms with E-state index >= 15 is 0 Å². The van der Waals surface area contributed by atoms with Crippen LogP contribution >= 0.6 is 28.3 Å². The van der Waals surface area contributed by atoms with Crippen molar-refractivity contribution in [1.82, 2.24) is 10.6 Å². The standard InChI is InChI=1S/C12H13BrF2N2O.ClH/c13-8-3-4-9(14)10(11(8)15)12(18)17-7-2-1-5-16-6-7;/h3-4,7,16H,1-2,5-6H2,(H,17,18);1H/t7-;/m1./s1. The summed E-state index contributed by atoms with van der Waals surface area (Å²) in [6.45, 7) is 1.54. The van der Waals surface area contributed by atoms with Crippen molar-refractivity contribution < 1.29 is 13.6 Å². The van der Waals surface area contributed by atoms with Crippen LogP contribution in [0.5, 0.6) is 0 Å². The Hall–Kier alpha value is -0.720. The Bertz CT molecular complexity index is 467. The van der Waals surface area contributed by atoms with Crippen LogP contribution in [0.2, 0.25) is 0 Å². The summed E-state index contributed by atoms with van der Waals surface area (Å²) in [4.78, 5) is 11.9. The lowest BCUT2D eigenvalue weighted by molar-refractivity contribution is 0.0922. The van der Waals surface area contributed by atoms with Crippen molar-refractivity contribution in [3.05, 3.63) is 33.8 Å². The van der Waals surface area contributed by atoms with Gasteiger partial charge < -0.3 is 10.6 Å². The molecule has 0 saturated carbocycles. The Morgan fingerprint density at radius 3 is 2.79 bits per heavy atom. The lowest BCUT2D eigenvalue weighted by Crippen LogP contribution is -2.46. The lowest BCUT2D eigenvalue weighted by atomic mass is 10.1. The fourth-order valence-corrected chi connectivity index (χ4v) is 2.30. The van der Waals surface area contributed by atoms with Gasteiger partial charge in [0, 0.05) is 12.6 Å². The first kappa shape index (κ1) is 16.3. The van der Waals surface area contributed by atoms with Gasteiger partial charge in [-0.25, -0.2) is 8.78 Å². The minimum atomic E-state index is -0.865. The molecule has 0 bridgehead atoms. The summed E-state index contributed by atoms with van der Waals surface area (Å²) in [5.41, 5.74) is -0.532. The maximum Gasteiger partial charge on any atom is 0.257 e. The number of halogens is 4. The highest BCUT2D eigenvalue weighted by Gasteiger charge is 2.23. The van der Waals surface area contributed by atoms with E-state index in [-0.39, 0.29) is 22.9 Å². The Labute approximate surface area is 124 Å². The Morgan fingerprint density at radius 2 is 2.16 bits per heavy atom. The van der Waals surface area contributed by atoms with Crippen molar-refractivity contribution in [2.24, 2.45) is 0 Å². The maximum absolute atomic E-state index is 13.7. The van der Waals surface area contributed by atoms with E-state index in [1.54, 1.807) is 0 Å². The van der Waals surface area contributed by atoms with Gasteiger partial charge >= 0.3 is 0 Å². The largest absolute Gasteiger partial charge is 0.348 e. The monoisotopic (exact) mass is 354 g/mol. The third-order valence-corrected chi connectivity index (χ3v) is 3.52. The third-order valence-electron chi connectivity index (χ3n) is 2.90. The number of hydrogen-bond donors (Lipinski definition) is 2. The number of piperidine rings is 1. The molecule has 0 unspecified atom stereocenters. The van der Waals surface area contributed by atoms with E-state index in [0.29, 0.717) is 6.54 Å². The smallest absolute Gasteiger partial charge is 0.257 e. The second-order valence-corrected chi connectivity index (χ2v) is 5.09. The van der Waals surface area contributed by atoms with Gasteiger partial charge in [0.2, 0.25) is 0 Å². The minimum Gasteiger partial charge on any atom is -0.348 e. The molecule has 1 atom stereocenters. The molecule has 7 heteroatoms. The number of nitrogens with one attached hydrogen (secondary N) is 2. The fourth-order valence-electron chi connectivity index (χ4n) is 1.97. The van der Waals surface area contributed by atoms with Crippen LogP contribution in [-0.2, 0) is 0 Å². The van der Waals surface area contributed by atoms with Gasteiger partial charge in [-0.2, -0.15) is 0 Å². The molecule has 1 amide bonds. The molecule has 1 aromatic carbocycles. The first-order valence-electron chi connectivity index (χ1n) is 5.74. The van der Waals surface area contributed by atoms with E-state index in [0.717, 1.165) is 25.5 Å². The quantitative estimate of drug-likeness (QED) is 0.801. The van der Waals surface area contributed by atoms with E-state index in [4.69, 9.17) is 0 Å². The molecule has 19 heavy (non-hydrogen) atoms. The zero-order chi connectivity index (χ0) is 13.1. The average molecular weight is 356 g/mol. The molecule has 2 rings (SSSR count). The molecule has 0 aliphatic carbocycles. The van der Waals surface area contributed by atoms with Crippen LogP contribution in [0, 0.1) is 11.6 Å². The van der Waals surface area contributed by atoms with E-state index < -0.39 is 23.1 Å². The second kappa shape index (κ2) is 7.17. The molecule has 1 saturated heterocycles. The number of benzene rings is 1. The molecule has 0 radical (unpaired) electrons. The van der Waals surface area contributed by atoms with Crippen LogP contribution in [0.4, 0.5) is 8.78 Å². The van der Waals surface area contributed by atoms with Crippen molar-refractivity contribution in [2.75, 3.05) is 13.1 Å². The van der Waals surface area contributed by atoms with Crippen LogP contribution < -0.4 is 10.6 Å². The predicted octanol–water partition coefficient (Wildman–Crippen LogP) is 2.63. The van der Waals surface area contributed by atoms with Crippen LogP contribution in [0.1, 0.15) is 23.2 Å². The summed E-state index contributed by atoms with van der Waals surface area (Å²) in [5.74, 6) is -2.42. The summed E-state index contributed by atoms with van der Waals surface area (Å²) < 4.78 is 27.3. The SMILES string of the molecule is Cl.O=C(N[C@@H]1CCCNC1)c1c(F)ccc(Br)c1F. The molecule has 0 spiro atoms. The molecular weight excluding hydrogens is 341 g/mol. The van der Waals surface area contributed by atoms with Crippen molar-refractivity contribution >= 4 is 34.2 Å². The van der Waals surface area contributed by atoms with Crippen LogP contribution in [0.15, 0.2) is 16.6 Å². The second-order valence-electron chi connectivity index (χ2n) is 4.23. The first-order valence-corrected chi connectivity index (χ1v) is 6.54. The van der Waals surface area contributed by atoms with Gasteiger partial charge in [0.05, 0.1) is 4.47 Å². The Balaban J connectivity index is 0.00000180. The summed E-state index contributed by atoms with van der Waals surface area (Å²) in [6, 6.07) is 2.23. The van der Waals surface area contributed by atoms with Gasteiger partial charge in [-0.05, 0) is 47.4 Å². The van der Waals surface area contributed by atoms with Crippen LogP contribution in [0.3, 0.4) is 0 Å². The molecule has 1 fully saturated rings. The van der Waals surface area contributed by atoms with Crippen molar-refractivity contribution in [3.63, 3.8) is 0 Å². The van der Waals surface area contributed by atoms with E-state index in [9.17, 15) is 13.6 Å². The third kappa shape index (κ3) is 3.87. The number of hydrogen-bond acceptors (Lipinski definition) is 2. The highest BCUT2D eigenvalue weighted by molar-refractivity contribution is 9.10. The molecule has 106 valence electrons. The van der Waals surface area contributed by atoms with Crippen molar-refractivity contribution in [1.29, 1.82) is 0 Å². The van der Waals surface area contributed by atoms with E-state index in [1.165, 1.54) is 6.07 Å². The van der Waals surface area contributed by atoms with Gasteiger partial charge in [0.25, 0.3) is 5.91 Å². The summed E-state index contributed by atoms with van der Waals surface area (Å²) in [6.07, 6.45) is 1.75. The predicted molar refractivity (Wildman–Crippen MR) is 74.7 cm³/mol. The molecule has 1 aliphatic rings. The van der Waals surface area contributed by atoms with Gasteiger partial charge in [0.1, 0.15) is 11.4 Å². The fraction of sp³-hybridized carbons (Fsp3) is 0.417. The van der Waals surface area contributed by atoms with Crippen LogP contribution in [0.25, 0.3) is 0 Å². The molecule has 0 aromatic heterocycles. The normalized spacial score (nSPS) is 18.6. The first-order chi connectivity index (χ1) is 8.59. The summed E-state index contributed by atoms with van der Waals surface area (Å²) >= 11 is 2.94. The lowest BCUT2D eigenvalue weighted by Gasteiger charge is -2.24. The average Bonchev–Trinajstić information content (AvgIpc) is 2.36. The van der Waals surface area contributed by atoms with Gasteiger partial charge in [-0.3, -0.25) is 4.79 Å². The maximum atomic E-state index is 13.7. The summed E-state index contributed by atoms with van der Waals surface area (Å²) in [5, 5.41) is 5.76. The zero-order valence-corrected chi connectivity index (χ0v) is 12.4. The molecular formula is C12H14BrClF2N2O. The van der Waals surface area contributed by atoms with E-state index in [2.05, 4.69) is 26.6 Å². The molecule has 3 nitrogen and oxygen atoms in total.